The minimum Gasteiger partial charge on any atom is -0.396 e. The first-order valence-corrected chi connectivity index (χ1v) is 10.2. The van der Waals surface area contributed by atoms with Crippen molar-refractivity contribution in [2.45, 2.75) is 0 Å². The van der Waals surface area contributed by atoms with Gasteiger partial charge in [-0.1, -0.05) is 0 Å². The van der Waals surface area contributed by atoms with Crippen LogP contribution in [0, 0.1) is 17.5 Å². The monoisotopic (exact) mass is 465 g/mol. The van der Waals surface area contributed by atoms with E-state index >= 15 is 0 Å². The molecule has 0 bridgehead atoms. The van der Waals surface area contributed by atoms with Crippen molar-refractivity contribution in [3.63, 3.8) is 0 Å². The molecular formula is C18H12B3Cl3F3N3. The summed E-state index contributed by atoms with van der Waals surface area (Å²) in [5, 5.41) is 0. The van der Waals surface area contributed by atoms with Gasteiger partial charge in [0.25, 0.3) is 0 Å². The van der Waals surface area contributed by atoms with Gasteiger partial charge in [-0.25, -0.2) is 13.2 Å². The van der Waals surface area contributed by atoms with E-state index in [0.29, 0.717) is 17.1 Å². The van der Waals surface area contributed by atoms with Gasteiger partial charge in [0.2, 0.25) is 0 Å². The Morgan fingerprint density at radius 1 is 0.433 bits per heavy atom. The maximum absolute atomic E-state index is 13.5. The Morgan fingerprint density at radius 3 is 0.833 bits per heavy atom. The number of anilines is 3. The van der Waals surface area contributed by atoms with E-state index in [0.717, 1.165) is 0 Å². The Labute approximate surface area is 188 Å². The van der Waals surface area contributed by atoms with Gasteiger partial charge in [0.05, 0.1) is 0 Å². The molecule has 0 amide bonds. The standard InChI is InChI=1S/C18H12B3Cl3F3N3/c22-19-28(16-7-1-13(25)2-8-16)20(23)30(18-11-5-15(27)6-12-18)21(24)29(19)17-9-3-14(26)4-10-17/h1-12H. The molecule has 0 radical (unpaired) electrons. The summed E-state index contributed by atoms with van der Waals surface area (Å²) < 4.78 is 45.3. The van der Waals surface area contributed by atoms with E-state index in [1.54, 1.807) is 50.6 Å². The van der Waals surface area contributed by atoms with Crippen molar-refractivity contribution in [3.8, 4) is 0 Å². The zero-order valence-electron chi connectivity index (χ0n) is 15.3. The fraction of sp³-hybridized carbons (Fsp3) is 0. The fourth-order valence-corrected chi connectivity index (χ4v) is 4.77. The molecule has 0 atom stereocenters. The van der Waals surface area contributed by atoms with E-state index in [1.165, 1.54) is 36.4 Å². The van der Waals surface area contributed by atoms with Gasteiger partial charge < -0.3 is 14.2 Å². The molecule has 3 aromatic rings. The Balaban J connectivity index is 1.82. The summed E-state index contributed by atoms with van der Waals surface area (Å²) in [6.45, 7) is 0. The van der Waals surface area contributed by atoms with Gasteiger partial charge >= 0.3 is 19.2 Å². The quantitative estimate of drug-likeness (QED) is 0.465. The van der Waals surface area contributed by atoms with Crippen molar-refractivity contribution in [2.24, 2.45) is 0 Å². The highest BCUT2D eigenvalue weighted by atomic mass is 35.5. The number of hydrogen-bond donors (Lipinski definition) is 0. The van der Waals surface area contributed by atoms with E-state index in [1.807, 2.05) is 0 Å². The Bertz CT molecular complexity index is 871. The van der Waals surface area contributed by atoms with Crippen LogP contribution in [0.2, 0.25) is 0 Å². The van der Waals surface area contributed by atoms with Crippen molar-refractivity contribution < 1.29 is 13.2 Å². The number of benzene rings is 3. The van der Waals surface area contributed by atoms with Gasteiger partial charge in [0.15, 0.2) is 0 Å². The number of hydrogen-bond acceptors (Lipinski definition) is 3. The Kier molecular flexibility index (Phi) is 6.05. The molecule has 1 fully saturated rings. The first-order chi connectivity index (χ1) is 14.4. The first-order valence-electron chi connectivity index (χ1n) is 8.91. The van der Waals surface area contributed by atoms with E-state index in [4.69, 9.17) is 34.4 Å². The molecule has 3 aromatic carbocycles. The van der Waals surface area contributed by atoms with Crippen LogP contribution in [0.25, 0.3) is 0 Å². The summed E-state index contributed by atoms with van der Waals surface area (Å²) in [5.41, 5.74) is 1.62. The van der Waals surface area contributed by atoms with Gasteiger partial charge in [-0.15, -0.1) is 34.4 Å². The highest BCUT2D eigenvalue weighted by molar-refractivity contribution is 7.37. The molecule has 0 N–H and O–H groups in total. The molecule has 1 aliphatic rings. The summed E-state index contributed by atoms with van der Waals surface area (Å²) in [6.07, 6.45) is -2.66. The maximum Gasteiger partial charge on any atom is 0.464 e. The molecule has 0 aliphatic carbocycles. The van der Waals surface area contributed by atoms with Gasteiger partial charge in [0, 0.05) is 17.1 Å². The molecular weight excluding hydrogens is 454 g/mol. The number of halogens is 6. The number of nitrogens with zero attached hydrogens (tertiary/aromatic N) is 3. The van der Waals surface area contributed by atoms with Crippen LogP contribution in [-0.4, -0.2) is 19.2 Å². The second-order valence-corrected chi connectivity index (χ2v) is 7.75. The van der Waals surface area contributed by atoms with Crippen LogP contribution in [0.5, 0.6) is 0 Å². The second kappa shape index (κ2) is 8.57. The lowest BCUT2D eigenvalue weighted by Gasteiger charge is -2.50. The van der Waals surface area contributed by atoms with Crippen LogP contribution in [0.3, 0.4) is 0 Å². The van der Waals surface area contributed by atoms with Crippen LogP contribution in [-0.2, 0) is 0 Å². The molecule has 3 nitrogen and oxygen atoms in total. The van der Waals surface area contributed by atoms with Gasteiger partial charge in [-0.05, 0) is 72.8 Å². The third-order valence-corrected chi connectivity index (χ3v) is 6.01. The molecule has 1 heterocycles. The lowest BCUT2D eigenvalue weighted by molar-refractivity contribution is 0.627. The first kappa shape index (κ1) is 21.2. The topological polar surface area (TPSA) is 9.72 Å². The van der Waals surface area contributed by atoms with Gasteiger partial charge in [-0.3, -0.25) is 0 Å². The zero-order valence-corrected chi connectivity index (χ0v) is 17.5. The summed E-state index contributed by atoms with van der Waals surface area (Å²) in [6, 6.07) is 17.0. The fourth-order valence-electron chi connectivity index (χ4n) is 3.28. The summed E-state index contributed by atoms with van der Waals surface area (Å²) >= 11 is 20.3. The molecule has 30 heavy (non-hydrogen) atoms. The molecule has 1 saturated heterocycles. The minimum absolute atomic E-state index is 0.408. The Hall–Kier alpha value is -2.09. The highest BCUT2D eigenvalue weighted by Crippen LogP contribution is 2.36. The van der Waals surface area contributed by atoms with Crippen LogP contribution in [0.1, 0.15) is 0 Å². The van der Waals surface area contributed by atoms with E-state index < -0.39 is 36.6 Å². The molecule has 150 valence electrons. The van der Waals surface area contributed by atoms with Crippen molar-refractivity contribution >= 4 is 70.6 Å². The smallest absolute Gasteiger partial charge is 0.396 e. The van der Waals surface area contributed by atoms with E-state index in [-0.39, 0.29) is 0 Å². The lowest BCUT2D eigenvalue weighted by Crippen LogP contribution is -2.74. The van der Waals surface area contributed by atoms with Crippen molar-refractivity contribution in [1.29, 1.82) is 0 Å². The third-order valence-electron chi connectivity index (χ3n) is 4.75. The minimum atomic E-state index is -0.886. The van der Waals surface area contributed by atoms with E-state index in [2.05, 4.69) is 0 Å². The largest absolute Gasteiger partial charge is 0.464 e. The summed E-state index contributed by atoms with van der Waals surface area (Å²) in [4.78, 5) is 0. The Morgan fingerprint density at radius 2 is 0.633 bits per heavy atom. The molecule has 4 rings (SSSR count). The highest BCUT2D eigenvalue weighted by Gasteiger charge is 2.53. The summed E-state index contributed by atoms with van der Waals surface area (Å²) in [5.74, 6) is -1.22. The van der Waals surface area contributed by atoms with Crippen LogP contribution < -0.4 is 14.2 Å². The number of rotatable bonds is 3. The summed E-state index contributed by atoms with van der Waals surface area (Å²) in [7, 11) is 0. The molecule has 12 heteroatoms. The normalized spacial score (nSPS) is 14.6. The van der Waals surface area contributed by atoms with Crippen LogP contribution >= 0.6 is 34.4 Å². The van der Waals surface area contributed by atoms with Gasteiger partial charge in [0.1, 0.15) is 17.5 Å². The SMILES string of the molecule is Fc1ccc(N2B(Cl)N(c3ccc(F)cc3)B(Cl)N(c3ccc(F)cc3)B2Cl)cc1. The molecule has 0 spiro atoms. The predicted molar refractivity (Wildman–Crippen MR) is 121 cm³/mol. The van der Waals surface area contributed by atoms with Crippen molar-refractivity contribution in [1.82, 2.24) is 0 Å². The molecule has 0 unspecified atom stereocenters. The van der Waals surface area contributed by atoms with Crippen molar-refractivity contribution in [2.75, 3.05) is 14.2 Å². The van der Waals surface area contributed by atoms with Crippen molar-refractivity contribution in [3.05, 3.63) is 90.2 Å². The van der Waals surface area contributed by atoms with E-state index in [9.17, 15) is 13.2 Å². The second-order valence-electron chi connectivity index (χ2n) is 6.58. The lowest BCUT2D eigenvalue weighted by atomic mass is 9.69. The molecule has 0 saturated carbocycles. The van der Waals surface area contributed by atoms with Crippen LogP contribution in [0.15, 0.2) is 72.8 Å². The maximum atomic E-state index is 13.5. The average Bonchev–Trinajstić information content (AvgIpc) is 2.72. The predicted octanol–water partition coefficient (Wildman–Crippen LogP) is 5.61. The van der Waals surface area contributed by atoms with Crippen LogP contribution in [0.4, 0.5) is 30.2 Å². The molecule has 0 aromatic heterocycles. The van der Waals surface area contributed by atoms with Gasteiger partial charge in [-0.2, -0.15) is 0 Å². The zero-order chi connectivity index (χ0) is 21.4. The average molecular weight is 466 g/mol. The third kappa shape index (κ3) is 3.94. The molecule has 1 aliphatic heterocycles.